The van der Waals surface area contributed by atoms with E-state index in [9.17, 15) is 19.2 Å². The van der Waals surface area contributed by atoms with Gasteiger partial charge in [-0.2, -0.15) is 0 Å². The zero-order valence-electron chi connectivity index (χ0n) is 25.6. The third kappa shape index (κ3) is 56.2. The van der Waals surface area contributed by atoms with Crippen LogP contribution in [0.15, 0.2) is 0 Å². The number of carbonyl (C=O) groups excluding carboxylic acids is 2. The van der Waals surface area contributed by atoms with Gasteiger partial charge in [-0.05, 0) is 51.9 Å². The van der Waals surface area contributed by atoms with E-state index in [1.54, 1.807) is 0 Å². The van der Waals surface area contributed by atoms with Crippen LogP contribution in [0.4, 0.5) is 0 Å². The molecule has 0 aliphatic carbocycles. The number of aliphatic carboxylic acids is 2. The van der Waals surface area contributed by atoms with E-state index in [1.165, 1.54) is 103 Å². The Bertz CT molecular complexity index is 487. The summed E-state index contributed by atoms with van der Waals surface area (Å²) in [7, 11) is 0. The Labute approximate surface area is 241 Å². The van der Waals surface area contributed by atoms with Crippen LogP contribution in [0, 0.1) is 0 Å². The van der Waals surface area contributed by atoms with Gasteiger partial charge in [0.15, 0.2) is 0 Å². The molecule has 0 radical (unpaired) electrons. The molecule has 12 nitrogen and oxygen atoms in total. The number of hydrogen-bond acceptors (Lipinski definition) is 7. The van der Waals surface area contributed by atoms with E-state index in [0.29, 0.717) is 0 Å². The number of ether oxygens (including phenoxy) is 1. The number of nitrogens with one attached hydrogen (secondary N) is 2. The standard InChI is InChI=1S/2C10H23N.C4H6O4.C4H4O3.3H2O/c2*1-3-5-7-9-11-10-8-6-4-2;5-3(6)1-2-4(7)8;5-3-1-2-4(6)7-3;;;/h2*11H,3-10H2,1-2H3;1-2H2,(H,5,6)(H,7,8);1-2H2;3*1H2. The first kappa shape index (κ1) is 50.7. The van der Waals surface area contributed by atoms with Crippen molar-refractivity contribution >= 4 is 23.9 Å². The lowest BCUT2D eigenvalue weighted by Crippen LogP contribution is -2.16. The van der Waals surface area contributed by atoms with Gasteiger partial charge in [0, 0.05) is 0 Å². The van der Waals surface area contributed by atoms with Crippen molar-refractivity contribution in [1.29, 1.82) is 0 Å². The molecule has 0 amide bonds. The summed E-state index contributed by atoms with van der Waals surface area (Å²) in [4.78, 5) is 39.3. The molecule has 1 rings (SSSR count). The van der Waals surface area contributed by atoms with E-state index in [0.717, 1.165) is 0 Å². The predicted octanol–water partition coefficient (Wildman–Crippen LogP) is 3.22. The van der Waals surface area contributed by atoms with Gasteiger partial charge < -0.3 is 42.0 Å². The molecular formula is C28H62N2O10. The van der Waals surface area contributed by atoms with Gasteiger partial charge in [-0.1, -0.05) is 79.1 Å². The molecule has 12 heteroatoms. The van der Waals surface area contributed by atoms with Crippen molar-refractivity contribution in [2.75, 3.05) is 26.2 Å². The fourth-order valence-electron chi connectivity index (χ4n) is 2.90. The van der Waals surface area contributed by atoms with Gasteiger partial charge in [0.05, 0.1) is 25.7 Å². The lowest BCUT2D eigenvalue weighted by atomic mass is 10.2. The molecule has 1 heterocycles. The van der Waals surface area contributed by atoms with Crippen molar-refractivity contribution in [2.24, 2.45) is 0 Å². The minimum Gasteiger partial charge on any atom is -0.481 e. The highest BCUT2D eigenvalue weighted by Crippen LogP contribution is 2.04. The predicted molar refractivity (Wildman–Crippen MR) is 160 cm³/mol. The summed E-state index contributed by atoms with van der Waals surface area (Å²) in [5.74, 6) is -2.95. The molecule has 1 aliphatic heterocycles. The second kappa shape index (κ2) is 43.9. The Balaban J connectivity index is -0.0000000952. The molecule has 10 N–H and O–H groups in total. The van der Waals surface area contributed by atoms with Crippen LogP contribution < -0.4 is 10.6 Å². The summed E-state index contributed by atoms with van der Waals surface area (Å²) in [6, 6.07) is 0. The Kier molecular flexibility index (Phi) is 55.7. The zero-order valence-corrected chi connectivity index (χ0v) is 25.6. The summed E-state index contributed by atoms with van der Waals surface area (Å²) in [6.45, 7) is 13.9. The van der Waals surface area contributed by atoms with Crippen molar-refractivity contribution in [2.45, 2.75) is 130 Å². The maximum Gasteiger partial charge on any atom is 0.314 e. The van der Waals surface area contributed by atoms with E-state index in [4.69, 9.17) is 10.2 Å². The molecule has 1 fully saturated rings. The van der Waals surface area contributed by atoms with E-state index in [-0.39, 0.29) is 42.1 Å². The highest BCUT2D eigenvalue weighted by Gasteiger charge is 2.19. The van der Waals surface area contributed by atoms with Gasteiger partial charge >= 0.3 is 23.9 Å². The van der Waals surface area contributed by atoms with Crippen LogP contribution in [-0.2, 0) is 23.9 Å². The first-order valence-electron chi connectivity index (χ1n) is 14.3. The van der Waals surface area contributed by atoms with E-state index in [2.05, 4.69) is 43.1 Å². The second-order valence-electron chi connectivity index (χ2n) is 8.96. The molecule has 1 saturated heterocycles. The first-order chi connectivity index (χ1) is 17.7. The quantitative estimate of drug-likeness (QED) is 0.0985. The summed E-state index contributed by atoms with van der Waals surface area (Å²) < 4.78 is 4.08. The maximum absolute atomic E-state index is 10.0. The molecule has 244 valence electrons. The van der Waals surface area contributed by atoms with Crippen molar-refractivity contribution in [3.8, 4) is 0 Å². The Morgan fingerprint density at radius 2 is 0.825 bits per heavy atom. The summed E-state index contributed by atoms with van der Waals surface area (Å²) in [5, 5.41) is 22.7. The van der Waals surface area contributed by atoms with Crippen molar-refractivity contribution in [1.82, 2.24) is 10.6 Å². The number of carboxylic acid groups (broad SMARTS) is 2. The Hall–Kier alpha value is -2.12. The highest BCUT2D eigenvalue weighted by atomic mass is 16.6. The monoisotopic (exact) mass is 586 g/mol. The SMILES string of the molecule is CCCCCNCCCCC.CCCCCNCCCCC.O.O.O.O=C(O)CCC(=O)O.O=C1CCC(=O)O1. The number of unbranched alkanes of at least 4 members (excludes halogenated alkanes) is 8. The maximum atomic E-state index is 10.0. The minimum atomic E-state index is -1.08. The molecule has 40 heavy (non-hydrogen) atoms. The Morgan fingerprint density at radius 1 is 0.575 bits per heavy atom. The van der Waals surface area contributed by atoms with Gasteiger partial charge in [-0.3, -0.25) is 19.2 Å². The van der Waals surface area contributed by atoms with Crippen molar-refractivity contribution < 1.29 is 50.6 Å². The molecule has 0 atom stereocenters. The average Bonchev–Trinajstić information content (AvgIpc) is 3.25. The lowest BCUT2D eigenvalue weighted by Gasteiger charge is -2.02. The molecule has 0 aromatic heterocycles. The van der Waals surface area contributed by atoms with Crippen molar-refractivity contribution in [3.05, 3.63) is 0 Å². The van der Waals surface area contributed by atoms with Gasteiger partial charge in [0.2, 0.25) is 0 Å². The zero-order chi connectivity index (χ0) is 28.6. The molecule has 0 spiro atoms. The van der Waals surface area contributed by atoms with E-state index < -0.39 is 23.9 Å². The molecule has 0 aromatic carbocycles. The van der Waals surface area contributed by atoms with Gasteiger partial charge in [0.1, 0.15) is 0 Å². The fraction of sp³-hybridized carbons (Fsp3) is 0.857. The van der Waals surface area contributed by atoms with E-state index >= 15 is 0 Å². The van der Waals surface area contributed by atoms with Crippen LogP contribution in [0.1, 0.15) is 130 Å². The number of carbonyl (C=O) groups is 4. The Morgan fingerprint density at radius 3 is 0.975 bits per heavy atom. The van der Waals surface area contributed by atoms with Crippen LogP contribution >= 0.6 is 0 Å². The number of carboxylic acids is 2. The molecule has 0 unspecified atom stereocenters. The second-order valence-corrected chi connectivity index (χ2v) is 8.96. The fourth-order valence-corrected chi connectivity index (χ4v) is 2.90. The van der Waals surface area contributed by atoms with Crippen LogP contribution in [0.3, 0.4) is 0 Å². The largest absolute Gasteiger partial charge is 0.481 e. The number of cyclic esters (lactones) is 2. The number of hydrogen-bond donors (Lipinski definition) is 4. The molecule has 1 aliphatic rings. The van der Waals surface area contributed by atoms with E-state index in [1.807, 2.05) is 0 Å². The van der Waals surface area contributed by atoms with Gasteiger partial charge in [0.25, 0.3) is 0 Å². The van der Waals surface area contributed by atoms with Crippen molar-refractivity contribution in [3.63, 3.8) is 0 Å². The molecule has 0 saturated carbocycles. The third-order valence-corrected chi connectivity index (χ3v) is 5.14. The number of esters is 2. The summed E-state index contributed by atoms with van der Waals surface area (Å²) in [5.41, 5.74) is 0. The first-order valence-corrected chi connectivity index (χ1v) is 14.3. The smallest absolute Gasteiger partial charge is 0.314 e. The summed E-state index contributed by atoms with van der Waals surface area (Å²) >= 11 is 0. The van der Waals surface area contributed by atoms with Crippen LogP contribution in [0.25, 0.3) is 0 Å². The van der Waals surface area contributed by atoms with Crippen LogP contribution in [0.5, 0.6) is 0 Å². The topological polar surface area (TPSA) is 237 Å². The number of rotatable bonds is 19. The highest BCUT2D eigenvalue weighted by molar-refractivity contribution is 5.92. The van der Waals surface area contributed by atoms with Crippen LogP contribution in [-0.4, -0.2) is 76.7 Å². The minimum absolute atomic E-state index is 0. The average molecular weight is 587 g/mol. The van der Waals surface area contributed by atoms with Gasteiger partial charge in [-0.25, -0.2) is 0 Å². The van der Waals surface area contributed by atoms with Gasteiger partial charge in [-0.15, -0.1) is 0 Å². The molecule has 0 aromatic rings. The summed E-state index contributed by atoms with van der Waals surface area (Å²) in [6.07, 6.45) is 16.2. The molecular weight excluding hydrogens is 524 g/mol. The third-order valence-electron chi connectivity index (χ3n) is 5.14. The van der Waals surface area contributed by atoms with Crippen LogP contribution in [0.2, 0.25) is 0 Å². The lowest BCUT2D eigenvalue weighted by molar-refractivity contribution is -0.152. The molecule has 0 bridgehead atoms. The normalized spacial score (nSPS) is 10.9.